The first-order valence-corrected chi connectivity index (χ1v) is 11.0. The van der Waals surface area contributed by atoms with Gasteiger partial charge in [-0.05, 0) is 69.1 Å². The van der Waals surface area contributed by atoms with E-state index in [-0.39, 0.29) is 31.1 Å². The molecule has 29 heavy (non-hydrogen) atoms. The van der Waals surface area contributed by atoms with Crippen molar-refractivity contribution in [3.8, 4) is 11.5 Å². The molecule has 1 aromatic rings. The zero-order valence-corrected chi connectivity index (χ0v) is 17.8. The third-order valence-corrected chi connectivity index (χ3v) is 6.83. The molecule has 0 bridgehead atoms. The van der Waals surface area contributed by atoms with Crippen molar-refractivity contribution < 1.29 is 24.1 Å². The first-order chi connectivity index (χ1) is 13.9. The molecular formula is C24H34O5. The lowest BCUT2D eigenvalue weighted by atomic mass is 9.65. The molecule has 1 aliphatic carbocycles. The van der Waals surface area contributed by atoms with Crippen LogP contribution in [0, 0.1) is 30.6 Å². The highest BCUT2D eigenvalue weighted by Crippen LogP contribution is 2.50. The number of hydrogen-bond acceptors (Lipinski definition) is 5. The fourth-order valence-corrected chi connectivity index (χ4v) is 5.44. The summed E-state index contributed by atoms with van der Waals surface area (Å²) in [5.41, 5.74) is 1.03. The van der Waals surface area contributed by atoms with Crippen LogP contribution in [0.3, 0.4) is 0 Å². The molecule has 1 aromatic carbocycles. The Morgan fingerprint density at radius 2 is 1.90 bits per heavy atom. The van der Waals surface area contributed by atoms with Gasteiger partial charge in [0.25, 0.3) is 0 Å². The number of hydrogen-bond donors (Lipinski definition) is 1. The molecule has 1 saturated carbocycles. The molecule has 3 unspecified atom stereocenters. The van der Waals surface area contributed by atoms with Gasteiger partial charge >= 0.3 is 0 Å². The van der Waals surface area contributed by atoms with Gasteiger partial charge in [-0.2, -0.15) is 0 Å². The van der Waals surface area contributed by atoms with E-state index >= 15 is 0 Å². The van der Waals surface area contributed by atoms with E-state index in [9.17, 15) is 5.11 Å². The van der Waals surface area contributed by atoms with Crippen LogP contribution >= 0.6 is 0 Å². The molecule has 4 rings (SSSR count). The van der Waals surface area contributed by atoms with Gasteiger partial charge in [0.05, 0.1) is 6.10 Å². The largest absolute Gasteiger partial charge is 0.509 e. The number of aliphatic hydroxyl groups is 1. The van der Waals surface area contributed by atoms with E-state index in [1.807, 2.05) is 25.1 Å². The quantitative estimate of drug-likeness (QED) is 0.671. The zero-order chi connectivity index (χ0) is 20.5. The molecule has 2 aliphatic heterocycles. The molecule has 1 N–H and O–H groups in total. The van der Waals surface area contributed by atoms with Gasteiger partial charge in [-0.25, -0.2) is 0 Å². The molecule has 2 saturated heterocycles. The van der Waals surface area contributed by atoms with Crippen LogP contribution in [0.25, 0.3) is 0 Å². The monoisotopic (exact) mass is 402 g/mol. The predicted molar refractivity (Wildman–Crippen MR) is 111 cm³/mol. The molecule has 0 spiro atoms. The Morgan fingerprint density at radius 3 is 2.69 bits per heavy atom. The molecule has 7 atom stereocenters. The molecule has 3 aliphatic rings. The van der Waals surface area contributed by atoms with Crippen LogP contribution in [0.5, 0.6) is 11.5 Å². The Balaban J connectivity index is 1.52. The van der Waals surface area contributed by atoms with Gasteiger partial charge in [0.1, 0.15) is 23.9 Å². The average Bonchev–Trinajstić information content (AvgIpc) is 2.83. The van der Waals surface area contributed by atoms with E-state index in [0.29, 0.717) is 35.2 Å². The predicted octanol–water partition coefficient (Wildman–Crippen LogP) is 5.37. The first-order valence-electron chi connectivity index (χ1n) is 11.0. The summed E-state index contributed by atoms with van der Waals surface area (Å²) in [6, 6.07) is 5.75. The Kier molecular flexibility index (Phi) is 6.07. The summed E-state index contributed by atoms with van der Waals surface area (Å²) in [5, 5.41) is 9.30. The van der Waals surface area contributed by atoms with Crippen LogP contribution in [-0.4, -0.2) is 30.4 Å². The highest BCUT2D eigenvalue weighted by molar-refractivity contribution is 5.38. The minimum Gasteiger partial charge on any atom is -0.509 e. The van der Waals surface area contributed by atoms with Gasteiger partial charge in [0.15, 0.2) is 6.29 Å². The van der Waals surface area contributed by atoms with Crippen molar-refractivity contribution in [1.29, 1.82) is 0 Å². The van der Waals surface area contributed by atoms with Crippen molar-refractivity contribution in [2.75, 3.05) is 6.61 Å². The van der Waals surface area contributed by atoms with Crippen molar-refractivity contribution in [2.45, 2.75) is 71.6 Å². The van der Waals surface area contributed by atoms with Crippen LogP contribution in [0.1, 0.15) is 51.5 Å². The number of rotatable bonds is 5. The fraction of sp³-hybridized carbons (Fsp3) is 0.667. The van der Waals surface area contributed by atoms with Gasteiger partial charge in [0.2, 0.25) is 6.29 Å². The number of aliphatic hydroxyl groups excluding tert-OH is 1. The third-order valence-electron chi connectivity index (χ3n) is 6.83. The Labute approximate surface area is 174 Å². The van der Waals surface area contributed by atoms with Gasteiger partial charge in [-0.15, -0.1) is 0 Å². The number of ether oxygens (including phenoxy) is 4. The molecule has 2 heterocycles. The van der Waals surface area contributed by atoms with Crippen LogP contribution < -0.4 is 9.47 Å². The SMILES string of the molecule is C=C(O)COc1cc(C)cc(OC2O[C@@H]3OC(C)CC[C@H]4CCC[C@H](C43)[C@H]2C)c1. The maximum absolute atomic E-state index is 9.30. The van der Waals surface area contributed by atoms with Crippen molar-refractivity contribution >= 4 is 0 Å². The van der Waals surface area contributed by atoms with E-state index in [0.717, 1.165) is 12.0 Å². The lowest BCUT2D eigenvalue weighted by Gasteiger charge is -2.50. The average molecular weight is 403 g/mol. The van der Waals surface area contributed by atoms with E-state index in [1.54, 1.807) is 0 Å². The van der Waals surface area contributed by atoms with Crippen molar-refractivity contribution in [3.05, 3.63) is 36.1 Å². The second-order valence-electron chi connectivity index (χ2n) is 9.14. The second-order valence-corrected chi connectivity index (χ2v) is 9.14. The summed E-state index contributed by atoms with van der Waals surface area (Å²) in [6.07, 6.45) is 5.88. The molecule has 0 amide bonds. The fourth-order valence-electron chi connectivity index (χ4n) is 5.44. The molecule has 5 heteroatoms. The highest BCUT2D eigenvalue weighted by Gasteiger charge is 2.51. The number of aryl methyl sites for hydroxylation is 1. The Morgan fingerprint density at radius 1 is 1.10 bits per heavy atom. The van der Waals surface area contributed by atoms with E-state index in [4.69, 9.17) is 18.9 Å². The van der Waals surface area contributed by atoms with Crippen molar-refractivity contribution in [2.24, 2.45) is 23.7 Å². The summed E-state index contributed by atoms with van der Waals surface area (Å²) in [4.78, 5) is 0. The van der Waals surface area contributed by atoms with Gasteiger partial charge in [-0.3, -0.25) is 0 Å². The third kappa shape index (κ3) is 4.56. The minimum absolute atomic E-state index is 0.00395. The second kappa shape index (κ2) is 8.57. The van der Waals surface area contributed by atoms with Crippen molar-refractivity contribution in [3.63, 3.8) is 0 Å². The molecule has 160 valence electrons. The van der Waals surface area contributed by atoms with Crippen LogP contribution in [0.15, 0.2) is 30.5 Å². The van der Waals surface area contributed by atoms with E-state index in [1.165, 1.54) is 25.7 Å². The maximum atomic E-state index is 9.30. The molecule has 3 fully saturated rings. The lowest BCUT2D eigenvalue weighted by molar-refractivity contribution is -0.312. The first kappa shape index (κ1) is 20.5. The van der Waals surface area contributed by atoms with Gasteiger partial charge in [-0.1, -0.05) is 19.9 Å². The highest BCUT2D eigenvalue weighted by atomic mass is 16.8. The number of benzene rings is 1. The summed E-state index contributed by atoms with van der Waals surface area (Å²) in [6.45, 7) is 9.94. The van der Waals surface area contributed by atoms with Gasteiger partial charge in [0, 0.05) is 17.9 Å². The summed E-state index contributed by atoms with van der Waals surface area (Å²) in [5.74, 6) is 3.42. The van der Waals surface area contributed by atoms with E-state index in [2.05, 4.69) is 20.4 Å². The smallest absolute Gasteiger partial charge is 0.205 e. The van der Waals surface area contributed by atoms with Crippen LogP contribution in [0.2, 0.25) is 0 Å². The normalized spacial score (nSPS) is 36.6. The Hall–Kier alpha value is -1.72. The van der Waals surface area contributed by atoms with E-state index < -0.39 is 0 Å². The zero-order valence-electron chi connectivity index (χ0n) is 17.8. The van der Waals surface area contributed by atoms with Crippen LogP contribution in [0.4, 0.5) is 0 Å². The standard InChI is InChI=1S/C24H34O5/c1-14-10-19(26-13-15(2)25)12-20(11-14)28-23-17(4)21-7-5-6-18-9-8-16(3)27-24(29-23)22(18)21/h10-12,16-18,21-25H,2,5-9,13H2,1,3-4H3/t16?,17-,18-,21+,22?,23?,24+/m1/s1. The lowest BCUT2D eigenvalue weighted by Crippen LogP contribution is -2.53. The maximum Gasteiger partial charge on any atom is 0.205 e. The van der Waals surface area contributed by atoms with Crippen LogP contribution in [-0.2, 0) is 9.47 Å². The van der Waals surface area contributed by atoms with Crippen molar-refractivity contribution in [1.82, 2.24) is 0 Å². The molecule has 0 radical (unpaired) electrons. The van der Waals surface area contributed by atoms with Gasteiger partial charge < -0.3 is 24.1 Å². The summed E-state index contributed by atoms with van der Waals surface area (Å²) >= 11 is 0. The Bertz CT molecular complexity index is 732. The molecular weight excluding hydrogens is 368 g/mol. The minimum atomic E-state index is -0.340. The molecule has 5 nitrogen and oxygen atoms in total. The topological polar surface area (TPSA) is 57.2 Å². The summed E-state index contributed by atoms with van der Waals surface area (Å²) in [7, 11) is 0. The molecule has 0 aromatic heterocycles. The summed E-state index contributed by atoms with van der Waals surface area (Å²) < 4.78 is 24.7.